The highest BCUT2D eigenvalue weighted by Crippen LogP contribution is 2.10. The van der Waals surface area contributed by atoms with Gasteiger partial charge in [0.25, 0.3) is 0 Å². The molecule has 1 N–H and O–H groups in total. The molecule has 2 aromatic carbocycles. The fraction of sp³-hybridized carbons (Fsp3) is 0.294. The van der Waals surface area contributed by atoms with E-state index in [-0.39, 0.29) is 5.82 Å². The van der Waals surface area contributed by atoms with Crippen molar-refractivity contribution < 1.29 is 4.39 Å². The van der Waals surface area contributed by atoms with Gasteiger partial charge < -0.3 is 5.32 Å². The van der Waals surface area contributed by atoms with Gasteiger partial charge in [0, 0.05) is 6.54 Å². The van der Waals surface area contributed by atoms with Gasteiger partial charge in [-0.25, -0.2) is 4.39 Å². The lowest BCUT2D eigenvalue weighted by molar-refractivity contribution is 0.626. The van der Waals surface area contributed by atoms with Gasteiger partial charge in [-0.3, -0.25) is 0 Å². The van der Waals surface area contributed by atoms with Crippen molar-refractivity contribution in [2.24, 2.45) is 0 Å². The van der Waals surface area contributed by atoms with E-state index in [1.165, 1.54) is 28.8 Å². The molecule has 0 radical (unpaired) electrons. The van der Waals surface area contributed by atoms with Crippen LogP contribution in [0.1, 0.15) is 22.3 Å². The summed E-state index contributed by atoms with van der Waals surface area (Å²) in [5, 5.41) is 3.44. The van der Waals surface area contributed by atoms with Crippen molar-refractivity contribution in [1.82, 2.24) is 5.32 Å². The van der Waals surface area contributed by atoms with E-state index < -0.39 is 0 Å². The van der Waals surface area contributed by atoms with Crippen LogP contribution in [0, 0.1) is 19.7 Å². The number of rotatable bonds is 5. The predicted octanol–water partition coefficient (Wildman–Crippen LogP) is 3.77. The SMILES string of the molecule is Cc1ccc(C)c(CNCCc2ccc(F)cc2)c1. The van der Waals surface area contributed by atoms with Gasteiger partial charge in [-0.1, -0.05) is 35.9 Å². The van der Waals surface area contributed by atoms with E-state index in [1.54, 1.807) is 0 Å². The highest BCUT2D eigenvalue weighted by molar-refractivity contribution is 5.30. The molecule has 100 valence electrons. The Kier molecular flexibility index (Phi) is 4.69. The second kappa shape index (κ2) is 6.48. The minimum atomic E-state index is -0.174. The third-order valence-electron chi connectivity index (χ3n) is 3.32. The summed E-state index contributed by atoms with van der Waals surface area (Å²) in [6.07, 6.45) is 0.922. The molecule has 0 bridgehead atoms. The number of hydrogen-bond donors (Lipinski definition) is 1. The molecule has 0 saturated heterocycles. The first-order chi connectivity index (χ1) is 9.15. The second-order valence-corrected chi connectivity index (χ2v) is 4.98. The zero-order valence-electron chi connectivity index (χ0n) is 11.5. The topological polar surface area (TPSA) is 12.0 Å². The van der Waals surface area contributed by atoms with E-state index >= 15 is 0 Å². The van der Waals surface area contributed by atoms with Crippen LogP contribution in [0.4, 0.5) is 4.39 Å². The van der Waals surface area contributed by atoms with Gasteiger partial charge in [-0.15, -0.1) is 0 Å². The zero-order chi connectivity index (χ0) is 13.7. The minimum absolute atomic E-state index is 0.174. The van der Waals surface area contributed by atoms with Gasteiger partial charge in [0.1, 0.15) is 5.82 Å². The smallest absolute Gasteiger partial charge is 0.123 e. The molecule has 19 heavy (non-hydrogen) atoms. The molecule has 0 unspecified atom stereocenters. The Bertz CT molecular complexity index is 531. The first-order valence-corrected chi connectivity index (χ1v) is 6.66. The third-order valence-corrected chi connectivity index (χ3v) is 3.32. The van der Waals surface area contributed by atoms with Gasteiger partial charge in [-0.2, -0.15) is 0 Å². The molecule has 0 atom stereocenters. The molecule has 2 aromatic rings. The summed E-state index contributed by atoms with van der Waals surface area (Å²) in [6, 6.07) is 13.2. The van der Waals surface area contributed by atoms with E-state index in [0.717, 1.165) is 25.1 Å². The highest BCUT2D eigenvalue weighted by Gasteiger charge is 1.99. The monoisotopic (exact) mass is 257 g/mol. The lowest BCUT2D eigenvalue weighted by Gasteiger charge is -2.09. The molecule has 0 spiro atoms. The van der Waals surface area contributed by atoms with Gasteiger partial charge >= 0.3 is 0 Å². The number of hydrogen-bond acceptors (Lipinski definition) is 1. The van der Waals surface area contributed by atoms with Crippen LogP contribution < -0.4 is 5.32 Å². The fourth-order valence-corrected chi connectivity index (χ4v) is 2.10. The molecule has 0 aliphatic carbocycles. The highest BCUT2D eigenvalue weighted by atomic mass is 19.1. The van der Waals surface area contributed by atoms with Crippen LogP contribution in [0.5, 0.6) is 0 Å². The Labute approximate surface area is 114 Å². The molecule has 0 aliphatic rings. The van der Waals surface area contributed by atoms with Crippen LogP contribution in [0.3, 0.4) is 0 Å². The summed E-state index contributed by atoms with van der Waals surface area (Å²) in [5.41, 5.74) is 5.12. The molecule has 0 heterocycles. The molecule has 0 aromatic heterocycles. The van der Waals surface area contributed by atoms with Gasteiger partial charge in [-0.05, 0) is 55.6 Å². The van der Waals surface area contributed by atoms with Crippen molar-refractivity contribution in [3.05, 3.63) is 70.5 Å². The van der Waals surface area contributed by atoms with E-state index in [9.17, 15) is 4.39 Å². The maximum Gasteiger partial charge on any atom is 0.123 e. The Morgan fingerprint density at radius 2 is 1.74 bits per heavy atom. The standard InChI is InChI=1S/C17H20FN/c1-13-3-4-14(2)16(11-13)12-19-10-9-15-5-7-17(18)8-6-15/h3-8,11,19H,9-10,12H2,1-2H3. The van der Waals surface area contributed by atoms with Crippen LogP contribution in [0.15, 0.2) is 42.5 Å². The Morgan fingerprint density at radius 3 is 2.47 bits per heavy atom. The Hall–Kier alpha value is -1.67. The normalized spacial score (nSPS) is 10.7. The molecule has 0 saturated carbocycles. The van der Waals surface area contributed by atoms with Crippen molar-refractivity contribution in [2.45, 2.75) is 26.8 Å². The summed E-state index contributed by atoms with van der Waals surface area (Å²) >= 11 is 0. The van der Waals surface area contributed by atoms with Crippen LogP contribution >= 0.6 is 0 Å². The van der Waals surface area contributed by atoms with Crippen molar-refractivity contribution in [3.8, 4) is 0 Å². The van der Waals surface area contributed by atoms with E-state index in [2.05, 4.69) is 37.4 Å². The average molecular weight is 257 g/mol. The van der Waals surface area contributed by atoms with Crippen molar-refractivity contribution >= 4 is 0 Å². The maximum atomic E-state index is 12.8. The molecule has 0 aliphatic heterocycles. The molecule has 0 amide bonds. The molecule has 1 nitrogen and oxygen atoms in total. The first-order valence-electron chi connectivity index (χ1n) is 6.66. The van der Waals surface area contributed by atoms with Gasteiger partial charge in [0.15, 0.2) is 0 Å². The van der Waals surface area contributed by atoms with Crippen LogP contribution in [0.2, 0.25) is 0 Å². The molecular weight excluding hydrogens is 237 g/mol. The summed E-state index contributed by atoms with van der Waals surface area (Å²) in [7, 11) is 0. The largest absolute Gasteiger partial charge is 0.312 e. The lowest BCUT2D eigenvalue weighted by Crippen LogP contribution is -2.17. The van der Waals surface area contributed by atoms with Crippen LogP contribution in [0.25, 0.3) is 0 Å². The maximum absolute atomic E-state index is 12.8. The minimum Gasteiger partial charge on any atom is -0.312 e. The lowest BCUT2D eigenvalue weighted by atomic mass is 10.1. The van der Waals surface area contributed by atoms with Gasteiger partial charge in [0.2, 0.25) is 0 Å². The Balaban J connectivity index is 1.80. The van der Waals surface area contributed by atoms with Crippen molar-refractivity contribution in [1.29, 1.82) is 0 Å². The molecular formula is C17H20FN. The zero-order valence-corrected chi connectivity index (χ0v) is 11.5. The fourth-order valence-electron chi connectivity index (χ4n) is 2.10. The van der Waals surface area contributed by atoms with Crippen molar-refractivity contribution in [2.75, 3.05) is 6.54 Å². The average Bonchev–Trinajstić information content (AvgIpc) is 2.40. The molecule has 2 heteroatoms. The third kappa shape index (κ3) is 4.18. The van der Waals surface area contributed by atoms with E-state index in [1.807, 2.05) is 12.1 Å². The second-order valence-electron chi connectivity index (χ2n) is 4.98. The molecule has 0 fully saturated rings. The summed E-state index contributed by atoms with van der Waals surface area (Å²) < 4.78 is 12.8. The Morgan fingerprint density at radius 1 is 1.00 bits per heavy atom. The van der Waals surface area contributed by atoms with Gasteiger partial charge in [0.05, 0.1) is 0 Å². The molecule has 2 rings (SSSR count). The quantitative estimate of drug-likeness (QED) is 0.804. The number of benzene rings is 2. The number of aryl methyl sites for hydroxylation is 2. The number of nitrogens with one attached hydrogen (secondary N) is 1. The first kappa shape index (κ1) is 13.8. The number of halogens is 1. The summed E-state index contributed by atoms with van der Waals surface area (Å²) in [5.74, 6) is -0.174. The van der Waals surface area contributed by atoms with Crippen molar-refractivity contribution in [3.63, 3.8) is 0 Å². The summed E-state index contributed by atoms with van der Waals surface area (Å²) in [6.45, 7) is 6.03. The summed E-state index contributed by atoms with van der Waals surface area (Å²) in [4.78, 5) is 0. The van der Waals surface area contributed by atoms with Crippen LogP contribution in [-0.2, 0) is 13.0 Å². The van der Waals surface area contributed by atoms with Crippen LogP contribution in [-0.4, -0.2) is 6.54 Å². The van der Waals surface area contributed by atoms with E-state index in [4.69, 9.17) is 0 Å². The predicted molar refractivity (Wildman–Crippen MR) is 77.7 cm³/mol. The van der Waals surface area contributed by atoms with E-state index in [0.29, 0.717) is 0 Å².